The minimum Gasteiger partial charge on any atom is -0.466 e. The van der Waals surface area contributed by atoms with E-state index in [4.69, 9.17) is 15.2 Å². The molecule has 1 aliphatic heterocycles. The maximum Gasteiger partial charge on any atom is 0.355 e. The molecule has 8 nitrogen and oxygen atoms in total. The van der Waals surface area contributed by atoms with E-state index in [1.165, 1.54) is 19.1 Å². The van der Waals surface area contributed by atoms with Gasteiger partial charge in [-0.1, -0.05) is 46.3 Å². The van der Waals surface area contributed by atoms with E-state index in [0.29, 0.717) is 16.8 Å². The third-order valence-corrected chi connectivity index (χ3v) is 5.69. The molecule has 1 atom stereocenters. The molecule has 0 aliphatic carbocycles. The summed E-state index contributed by atoms with van der Waals surface area (Å²) in [5.41, 5.74) is 7.61. The van der Waals surface area contributed by atoms with Gasteiger partial charge >= 0.3 is 11.9 Å². The number of ketones is 1. The van der Waals surface area contributed by atoms with Crippen molar-refractivity contribution < 1.29 is 23.9 Å². The summed E-state index contributed by atoms with van der Waals surface area (Å²) in [5, 5.41) is 10.2. The highest BCUT2D eigenvalue weighted by Gasteiger charge is 2.42. The molecule has 1 heterocycles. The molecular weight excluding hydrogens is 490 g/mol. The van der Waals surface area contributed by atoms with Crippen molar-refractivity contribution in [2.45, 2.75) is 5.92 Å². The smallest absolute Gasteiger partial charge is 0.355 e. The normalized spacial score (nSPS) is 15.7. The zero-order valence-corrected chi connectivity index (χ0v) is 19.5. The average Bonchev–Trinajstić information content (AvgIpc) is 2.87. The number of esters is 2. The Hall–Kier alpha value is -3.90. The van der Waals surface area contributed by atoms with Gasteiger partial charge in [0.05, 0.1) is 42.7 Å². The van der Waals surface area contributed by atoms with Gasteiger partial charge in [0.15, 0.2) is 5.78 Å². The number of nitrogens with zero attached hydrogens (tertiary/aromatic N) is 2. The lowest BCUT2D eigenvalue weighted by Gasteiger charge is -2.35. The van der Waals surface area contributed by atoms with Crippen molar-refractivity contribution in [2.24, 2.45) is 5.73 Å². The molecular formula is C24H20BrN3O5. The number of alkyl halides is 1. The van der Waals surface area contributed by atoms with Gasteiger partial charge in [-0.2, -0.15) is 5.26 Å². The Morgan fingerprint density at radius 1 is 1.03 bits per heavy atom. The SMILES string of the molecule is COC(=O)C1=C(C(=O)OC)N(c2ccc(C(=O)CBr)cc2)C(N)=C(C#N)C1c1ccccc1. The molecule has 1 unspecified atom stereocenters. The van der Waals surface area contributed by atoms with Crippen LogP contribution < -0.4 is 10.6 Å². The molecule has 168 valence electrons. The second-order valence-electron chi connectivity index (χ2n) is 6.94. The minimum absolute atomic E-state index is 0.0426. The number of ether oxygens (including phenoxy) is 2. The van der Waals surface area contributed by atoms with Gasteiger partial charge in [-0.15, -0.1) is 0 Å². The number of methoxy groups -OCH3 is 2. The molecule has 3 rings (SSSR count). The zero-order valence-electron chi connectivity index (χ0n) is 17.9. The van der Waals surface area contributed by atoms with E-state index in [1.54, 1.807) is 54.6 Å². The third-order valence-electron chi connectivity index (χ3n) is 5.18. The quantitative estimate of drug-likeness (QED) is 0.357. The van der Waals surface area contributed by atoms with Gasteiger partial charge in [-0.25, -0.2) is 9.59 Å². The van der Waals surface area contributed by atoms with E-state index in [1.807, 2.05) is 0 Å². The minimum atomic E-state index is -0.941. The Morgan fingerprint density at radius 3 is 2.15 bits per heavy atom. The number of Topliss-reactive ketones (excluding diaryl/α,β-unsaturated/α-hetero) is 1. The number of benzene rings is 2. The molecule has 0 amide bonds. The molecule has 0 saturated heterocycles. The van der Waals surface area contributed by atoms with Gasteiger partial charge in [-0.3, -0.25) is 9.69 Å². The van der Waals surface area contributed by atoms with Crippen molar-refractivity contribution in [3.05, 3.63) is 88.4 Å². The second-order valence-corrected chi connectivity index (χ2v) is 7.50. The second kappa shape index (κ2) is 10.1. The Labute approximate surface area is 199 Å². The summed E-state index contributed by atoms with van der Waals surface area (Å²) in [7, 11) is 2.36. The lowest BCUT2D eigenvalue weighted by atomic mass is 9.81. The molecule has 9 heteroatoms. The Balaban J connectivity index is 2.33. The fourth-order valence-corrected chi connectivity index (χ4v) is 3.98. The van der Waals surface area contributed by atoms with Gasteiger partial charge < -0.3 is 15.2 Å². The Bertz CT molecular complexity index is 1200. The van der Waals surface area contributed by atoms with Gasteiger partial charge in [-0.05, 0) is 29.8 Å². The highest BCUT2D eigenvalue weighted by atomic mass is 79.9. The number of halogens is 1. The molecule has 2 N–H and O–H groups in total. The number of hydrogen-bond donors (Lipinski definition) is 1. The van der Waals surface area contributed by atoms with Crippen LogP contribution in [-0.2, 0) is 19.1 Å². The Morgan fingerprint density at radius 2 is 1.64 bits per heavy atom. The van der Waals surface area contributed by atoms with Crippen molar-refractivity contribution >= 4 is 39.3 Å². The maximum atomic E-state index is 13.0. The highest BCUT2D eigenvalue weighted by molar-refractivity contribution is 9.09. The maximum absolute atomic E-state index is 13.0. The van der Waals surface area contributed by atoms with E-state index in [0.717, 1.165) is 0 Å². The van der Waals surface area contributed by atoms with Gasteiger partial charge in [0.25, 0.3) is 0 Å². The van der Waals surface area contributed by atoms with E-state index >= 15 is 0 Å². The van der Waals surface area contributed by atoms with Crippen LogP contribution >= 0.6 is 15.9 Å². The highest BCUT2D eigenvalue weighted by Crippen LogP contribution is 2.43. The molecule has 0 fully saturated rings. The number of carbonyl (C=O) groups excluding carboxylic acids is 3. The molecule has 0 spiro atoms. The summed E-state index contributed by atoms with van der Waals surface area (Å²) in [6.07, 6.45) is 0. The van der Waals surface area contributed by atoms with Crippen molar-refractivity contribution in [1.29, 1.82) is 5.26 Å². The first kappa shape index (κ1) is 23.8. The number of hydrogen-bond acceptors (Lipinski definition) is 8. The summed E-state index contributed by atoms with van der Waals surface area (Å²) < 4.78 is 9.97. The molecule has 0 bridgehead atoms. The molecule has 2 aromatic rings. The third kappa shape index (κ3) is 4.38. The molecule has 1 aliphatic rings. The number of nitrogens with two attached hydrogens (primary N) is 1. The van der Waals surface area contributed by atoms with Crippen LogP contribution in [0.1, 0.15) is 21.8 Å². The van der Waals surface area contributed by atoms with Gasteiger partial charge in [0, 0.05) is 11.3 Å². The standard InChI is InChI=1S/C24H20BrN3O5/c1-32-23(30)20-19(15-6-4-3-5-7-15)17(13-26)22(27)28(21(20)24(31)33-2)16-10-8-14(9-11-16)18(29)12-25/h3-11,19H,12,27H2,1-2H3. The number of nitriles is 1. The molecule has 33 heavy (non-hydrogen) atoms. The number of anilines is 1. The lowest BCUT2D eigenvalue weighted by molar-refractivity contribution is -0.139. The summed E-state index contributed by atoms with van der Waals surface area (Å²) in [5.74, 6) is -2.76. The topological polar surface area (TPSA) is 123 Å². The molecule has 0 aromatic heterocycles. The van der Waals surface area contributed by atoms with Gasteiger partial charge in [0.1, 0.15) is 11.5 Å². The van der Waals surface area contributed by atoms with Crippen LogP contribution in [0.2, 0.25) is 0 Å². The number of allylic oxidation sites excluding steroid dienone is 1. The van der Waals surface area contributed by atoms with Crippen LogP contribution in [0.4, 0.5) is 5.69 Å². The van der Waals surface area contributed by atoms with Crippen molar-refractivity contribution in [2.75, 3.05) is 24.4 Å². The predicted molar refractivity (Wildman–Crippen MR) is 124 cm³/mol. The number of rotatable bonds is 6. The van der Waals surface area contributed by atoms with Gasteiger partial charge in [0.2, 0.25) is 0 Å². The molecule has 2 aromatic carbocycles. The summed E-state index contributed by atoms with van der Waals surface area (Å²) in [6.45, 7) is 0. The van der Waals surface area contributed by atoms with E-state index in [9.17, 15) is 19.6 Å². The van der Waals surface area contributed by atoms with Crippen LogP contribution in [0.25, 0.3) is 0 Å². The van der Waals surface area contributed by atoms with Crippen LogP contribution in [0.3, 0.4) is 0 Å². The Kier molecular flexibility index (Phi) is 7.30. The van der Waals surface area contributed by atoms with E-state index in [-0.39, 0.29) is 33.8 Å². The average molecular weight is 510 g/mol. The first-order valence-corrected chi connectivity index (χ1v) is 10.9. The van der Waals surface area contributed by atoms with E-state index < -0.39 is 17.9 Å². The largest absolute Gasteiger partial charge is 0.466 e. The predicted octanol–water partition coefficient (Wildman–Crippen LogP) is 3.16. The van der Waals surface area contributed by atoms with Crippen molar-refractivity contribution in [1.82, 2.24) is 0 Å². The lowest BCUT2D eigenvalue weighted by Crippen LogP contribution is -2.40. The van der Waals surface area contributed by atoms with Crippen molar-refractivity contribution in [3.8, 4) is 6.07 Å². The van der Waals surface area contributed by atoms with Crippen molar-refractivity contribution in [3.63, 3.8) is 0 Å². The fourth-order valence-electron chi connectivity index (χ4n) is 3.66. The first-order valence-electron chi connectivity index (χ1n) is 9.74. The monoisotopic (exact) mass is 509 g/mol. The van der Waals surface area contributed by atoms with Crippen LogP contribution in [0.5, 0.6) is 0 Å². The van der Waals surface area contributed by atoms with E-state index in [2.05, 4.69) is 22.0 Å². The summed E-state index contributed by atoms with van der Waals surface area (Å²) in [6, 6.07) is 17.1. The zero-order chi connectivity index (χ0) is 24.1. The summed E-state index contributed by atoms with van der Waals surface area (Å²) >= 11 is 3.13. The number of carbonyl (C=O) groups is 3. The van der Waals surface area contributed by atoms with Crippen LogP contribution in [0.15, 0.2) is 77.3 Å². The fraction of sp³-hybridized carbons (Fsp3) is 0.167. The first-order chi connectivity index (χ1) is 15.9. The summed E-state index contributed by atoms with van der Waals surface area (Å²) in [4.78, 5) is 39.2. The van der Waals surface area contributed by atoms with Crippen LogP contribution in [0, 0.1) is 11.3 Å². The van der Waals surface area contributed by atoms with Crippen LogP contribution in [-0.4, -0.2) is 37.3 Å². The molecule has 0 radical (unpaired) electrons. The molecule has 0 saturated carbocycles.